The van der Waals surface area contributed by atoms with Gasteiger partial charge < -0.3 is 15.3 Å². The molecule has 16 heavy (non-hydrogen) atoms. The predicted octanol–water partition coefficient (Wildman–Crippen LogP) is 0.318. The molecule has 1 aromatic rings. The van der Waals surface area contributed by atoms with E-state index in [-0.39, 0.29) is 5.33 Å². The molecule has 0 aliphatic rings. The lowest BCUT2D eigenvalue weighted by atomic mass is 10.1. The minimum absolute atomic E-state index is 0.230. The molecule has 90 valence electrons. The summed E-state index contributed by atoms with van der Waals surface area (Å²) in [6.45, 7) is 1.48. The number of aromatic nitrogens is 2. The van der Waals surface area contributed by atoms with Gasteiger partial charge in [-0.2, -0.15) is 5.10 Å². The molecule has 0 spiro atoms. The molecule has 0 bridgehead atoms. The van der Waals surface area contributed by atoms with Gasteiger partial charge >= 0.3 is 5.97 Å². The molecule has 0 aliphatic heterocycles. The number of carbonyl (C=O) groups is 1. The number of carboxylic acid groups (broad SMARTS) is 1. The van der Waals surface area contributed by atoms with Crippen molar-refractivity contribution in [1.82, 2.24) is 9.78 Å². The number of aliphatic carboxylic acids is 1. The fraction of sp³-hybridized carbons (Fsp3) is 0.556. The Balaban J connectivity index is 2.82. The first-order chi connectivity index (χ1) is 7.47. The molecule has 0 fully saturated rings. The van der Waals surface area contributed by atoms with E-state index in [1.54, 1.807) is 0 Å². The molecule has 0 aromatic carbocycles. The van der Waals surface area contributed by atoms with Crippen LogP contribution in [-0.4, -0.2) is 42.5 Å². The van der Waals surface area contributed by atoms with Crippen molar-refractivity contribution in [2.24, 2.45) is 0 Å². The predicted molar refractivity (Wildman–Crippen MR) is 59.3 cm³/mol. The van der Waals surface area contributed by atoms with Gasteiger partial charge in [-0.15, -0.1) is 0 Å². The van der Waals surface area contributed by atoms with E-state index in [2.05, 4.69) is 21.0 Å². The third-order valence-corrected chi connectivity index (χ3v) is 2.90. The lowest BCUT2D eigenvalue weighted by molar-refractivity contribution is -0.140. The number of aliphatic hydroxyl groups is 2. The molecule has 3 atom stereocenters. The van der Waals surface area contributed by atoms with Gasteiger partial charge in [0, 0.05) is 17.1 Å². The average Bonchev–Trinajstić information content (AvgIpc) is 2.74. The Kier molecular flexibility index (Phi) is 4.45. The number of hydrogen-bond donors (Lipinski definition) is 3. The van der Waals surface area contributed by atoms with Gasteiger partial charge in [-0.25, -0.2) is 4.79 Å². The Morgan fingerprint density at radius 3 is 2.75 bits per heavy atom. The van der Waals surface area contributed by atoms with Crippen LogP contribution >= 0.6 is 15.9 Å². The first kappa shape index (κ1) is 13.1. The Labute approximate surface area is 101 Å². The molecule has 1 aromatic heterocycles. The molecule has 0 saturated heterocycles. The van der Waals surface area contributed by atoms with Crippen molar-refractivity contribution < 1.29 is 20.1 Å². The molecule has 7 heteroatoms. The summed E-state index contributed by atoms with van der Waals surface area (Å²) in [6, 6.07) is -0.804. The molecular formula is C9H13BrN2O4. The summed E-state index contributed by atoms with van der Waals surface area (Å²) in [4.78, 5) is 10.7. The number of aliphatic hydroxyl groups excluding tert-OH is 2. The third-order valence-electron chi connectivity index (χ3n) is 2.24. The number of hydrogen-bond acceptors (Lipinski definition) is 4. The summed E-state index contributed by atoms with van der Waals surface area (Å²) in [5, 5.41) is 31.8. The van der Waals surface area contributed by atoms with Gasteiger partial charge in [0.1, 0.15) is 12.1 Å². The Morgan fingerprint density at radius 1 is 1.62 bits per heavy atom. The molecule has 0 aliphatic carbocycles. The number of rotatable bonds is 5. The molecule has 3 N–H and O–H groups in total. The summed E-state index contributed by atoms with van der Waals surface area (Å²) in [5.41, 5.74) is 0.389. The third kappa shape index (κ3) is 2.81. The SMILES string of the molecule is C[C@@H](C(=O)O)n1cc(C(O)C(O)CBr)cn1. The van der Waals surface area contributed by atoms with Gasteiger partial charge in [0.05, 0.1) is 12.3 Å². The van der Waals surface area contributed by atoms with Gasteiger partial charge in [0.15, 0.2) is 0 Å². The van der Waals surface area contributed by atoms with E-state index in [1.165, 1.54) is 24.0 Å². The zero-order chi connectivity index (χ0) is 12.3. The molecule has 1 rings (SSSR count). The van der Waals surface area contributed by atoms with E-state index in [0.29, 0.717) is 5.56 Å². The van der Waals surface area contributed by atoms with Crippen LogP contribution in [0.1, 0.15) is 24.6 Å². The maximum Gasteiger partial charge on any atom is 0.328 e. The minimum atomic E-state index is -1.07. The quantitative estimate of drug-likeness (QED) is 0.679. The fourth-order valence-corrected chi connectivity index (χ4v) is 1.49. The van der Waals surface area contributed by atoms with E-state index >= 15 is 0 Å². The van der Waals surface area contributed by atoms with Crippen LogP contribution in [0.5, 0.6) is 0 Å². The molecule has 2 unspecified atom stereocenters. The van der Waals surface area contributed by atoms with E-state index in [9.17, 15) is 15.0 Å². The highest BCUT2D eigenvalue weighted by atomic mass is 79.9. The smallest absolute Gasteiger partial charge is 0.328 e. The second-order valence-corrected chi connectivity index (χ2v) is 4.08. The van der Waals surface area contributed by atoms with Gasteiger partial charge in [-0.3, -0.25) is 4.68 Å². The van der Waals surface area contributed by atoms with Crippen LogP contribution in [0.3, 0.4) is 0 Å². The van der Waals surface area contributed by atoms with E-state index in [0.717, 1.165) is 0 Å². The summed E-state index contributed by atoms with van der Waals surface area (Å²) in [7, 11) is 0. The van der Waals surface area contributed by atoms with E-state index in [4.69, 9.17) is 5.11 Å². The van der Waals surface area contributed by atoms with Crippen molar-refractivity contribution in [3.05, 3.63) is 18.0 Å². The maximum atomic E-state index is 10.7. The first-order valence-corrected chi connectivity index (χ1v) is 5.78. The Bertz CT molecular complexity index is 368. The van der Waals surface area contributed by atoms with E-state index in [1.807, 2.05) is 0 Å². The number of halogens is 1. The van der Waals surface area contributed by atoms with Gasteiger partial charge in [0.25, 0.3) is 0 Å². The first-order valence-electron chi connectivity index (χ1n) is 4.66. The second kappa shape index (κ2) is 5.42. The Hall–Kier alpha value is -0.920. The van der Waals surface area contributed by atoms with Crippen LogP contribution in [0, 0.1) is 0 Å². The van der Waals surface area contributed by atoms with Crippen LogP contribution in [0.15, 0.2) is 12.4 Å². The largest absolute Gasteiger partial charge is 0.480 e. The van der Waals surface area contributed by atoms with Crippen LogP contribution in [-0.2, 0) is 4.79 Å². The van der Waals surface area contributed by atoms with Crippen molar-refractivity contribution in [3.63, 3.8) is 0 Å². The second-order valence-electron chi connectivity index (χ2n) is 3.43. The number of carboxylic acids is 1. The number of nitrogens with zero attached hydrogens (tertiary/aromatic N) is 2. The fourth-order valence-electron chi connectivity index (χ4n) is 1.14. The minimum Gasteiger partial charge on any atom is -0.480 e. The van der Waals surface area contributed by atoms with Gasteiger partial charge in [-0.05, 0) is 6.92 Å². The molecular weight excluding hydrogens is 280 g/mol. The zero-order valence-corrected chi connectivity index (χ0v) is 10.2. The lowest BCUT2D eigenvalue weighted by Gasteiger charge is -2.13. The van der Waals surface area contributed by atoms with Crippen molar-refractivity contribution >= 4 is 21.9 Å². The Morgan fingerprint density at radius 2 is 2.25 bits per heavy atom. The number of alkyl halides is 1. The average molecular weight is 293 g/mol. The summed E-state index contributed by atoms with van der Waals surface area (Å²) in [6.07, 6.45) is 0.734. The molecule has 0 saturated carbocycles. The van der Waals surface area contributed by atoms with Crippen molar-refractivity contribution in [3.8, 4) is 0 Å². The molecule has 6 nitrogen and oxygen atoms in total. The monoisotopic (exact) mass is 292 g/mol. The van der Waals surface area contributed by atoms with Gasteiger partial charge in [0.2, 0.25) is 0 Å². The van der Waals surface area contributed by atoms with Crippen LogP contribution in [0.4, 0.5) is 0 Å². The van der Waals surface area contributed by atoms with Crippen LogP contribution < -0.4 is 0 Å². The standard InChI is InChI=1S/C9H13BrN2O4/c1-5(9(15)16)12-4-6(3-11-12)8(14)7(13)2-10/h3-5,7-8,13-14H,2H2,1H3,(H,15,16)/t5-,7?,8?/m0/s1. The van der Waals surface area contributed by atoms with E-state index < -0.39 is 24.2 Å². The normalized spacial score (nSPS) is 16.8. The van der Waals surface area contributed by atoms with Crippen LogP contribution in [0.25, 0.3) is 0 Å². The summed E-state index contributed by atoms with van der Waals surface area (Å²) in [5.74, 6) is -1.01. The van der Waals surface area contributed by atoms with Crippen molar-refractivity contribution in [2.75, 3.05) is 5.33 Å². The van der Waals surface area contributed by atoms with Crippen molar-refractivity contribution in [2.45, 2.75) is 25.2 Å². The molecule has 0 amide bonds. The zero-order valence-electron chi connectivity index (χ0n) is 8.62. The highest BCUT2D eigenvalue weighted by Crippen LogP contribution is 2.18. The van der Waals surface area contributed by atoms with Gasteiger partial charge in [-0.1, -0.05) is 15.9 Å². The highest BCUT2D eigenvalue weighted by molar-refractivity contribution is 9.09. The van der Waals surface area contributed by atoms with Crippen molar-refractivity contribution in [1.29, 1.82) is 0 Å². The van der Waals surface area contributed by atoms with Crippen LogP contribution in [0.2, 0.25) is 0 Å². The lowest BCUT2D eigenvalue weighted by Crippen LogP contribution is -2.19. The molecule has 0 radical (unpaired) electrons. The summed E-state index contributed by atoms with van der Waals surface area (Å²) >= 11 is 3.04. The molecule has 1 heterocycles. The summed E-state index contributed by atoms with van der Waals surface area (Å²) < 4.78 is 1.22. The maximum absolute atomic E-state index is 10.7. The highest BCUT2D eigenvalue weighted by Gasteiger charge is 2.21. The topological polar surface area (TPSA) is 95.6 Å².